The van der Waals surface area contributed by atoms with Crippen molar-refractivity contribution in [1.82, 2.24) is 9.97 Å². The molecule has 0 unspecified atom stereocenters. The second-order valence-electron chi connectivity index (χ2n) is 6.80. The van der Waals surface area contributed by atoms with Crippen LogP contribution in [0, 0.1) is 17.1 Å². The number of H-pyrrole nitrogens is 1. The van der Waals surface area contributed by atoms with Crippen molar-refractivity contribution in [3.05, 3.63) is 47.5 Å². The maximum Gasteiger partial charge on any atom is 0.215 e. The lowest BCUT2D eigenvalue weighted by molar-refractivity contribution is -0.107. The quantitative estimate of drug-likeness (QED) is 0.732. The van der Waals surface area contributed by atoms with Crippen LogP contribution in [0.5, 0.6) is 0 Å². The van der Waals surface area contributed by atoms with Gasteiger partial charge in [0.25, 0.3) is 0 Å². The smallest absolute Gasteiger partial charge is 0.215 e. The second-order valence-corrected chi connectivity index (χ2v) is 6.80. The van der Waals surface area contributed by atoms with E-state index in [0.29, 0.717) is 12.1 Å². The van der Waals surface area contributed by atoms with Crippen LogP contribution in [0.2, 0.25) is 0 Å². The molecular formula is C19H13FN4O. The first-order valence-corrected chi connectivity index (χ1v) is 8.09. The summed E-state index contributed by atoms with van der Waals surface area (Å²) in [6.07, 6.45) is 6.50. The standard InChI is InChI=1S/C19H13FN4O/c20-16-5-17-13(3-11(16)6-21)14(8-22-17)12-4-15-18(23-7-12)24(10-25)9-19(15)1-2-19/h3-5,7-8,10,22H,1-2,9H2. The lowest BCUT2D eigenvalue weighted by Gasteiger charge is -2.09. The zero-order valence-corrected chi connectivity index (χ0v) is 13.2. The average Bonchev–Trinajstić information content (AvgIpc) is 3.19. The molecule has 2 aliphatic rings. The van der Waals surface area contributed by atoms with Gasteiger partial charge in [-0.1, -0.05) is 0 Å². The molecule has 1 saturated carbocycles. The fourth-order valence-corrected chi connectivity index (χ4v) is 3.84. The summed E-state index contributed by atoms with van der Waals surface area (Å²) in [5, 5.41) is 9.87. The van der Waals surface area contributed by atoms with Gasteiger partial charge in [-0.25, -0.2) is 9.37 Å². The number of nitrogens with zero attached hydrogens (tertiary/aromatic N) is 3. The Hall–Kier alpha value is -3.20. The van der Waals surface area contributed by atoms with Crippen molar-refractivity contribution in [1.29, 1.82) is 5.26 Å². The second kappa shape index (κ2) is 4.67. The zero-order valence-electron chi connectivity index (χ0n) is 13.2. The Labute approximate surface area is 142 Å². The van der Waals surface area contributed by atoms with E-state index in [1.54, 1.807) is 23.4 Å². The van der Waals surface area contributed by atoms with Gasteiger partial charge in [0.15, 0.2) is 0 Å². The molecule has 1 aliphatic carbocycles. The summed E-state index contributed by atoms with van der Waals surface area (Å²) in [7, 11) is 0. The molecule has 122 valence electrons. The van der Waals surface area contributed by atoms with E-state index < -0.39 is 5.82 Å². The highest BCUT2D eigenvalue weighted by atomic mass is 19.1. The Morgan fingerprint density at radius 1 is 1.36 bits per heavy atom. The third-order valence-corrected chi connectivity index (χ3v) is 5.36. The van der Waals surface area contributed by atoms with Crippen LogP contribution in [0.25, 0.3) is 22.0 Å². The number of fused-ring (bicyclic) bond motifs is 3. The van der Waals surface area contributed by atoms with Crippen LogP contribution in [0.1, 0.15) is 24.0 Å². The number of benzene rings is 1. The van der Waals surface area contributed by atoms with Crippen molar-refractivity contribution in [3.8, 4) is 17.2 Å². The molecule has 5 nitrogen and oxygen atoms in total. The van der Waals surface area contributed by atoms with Gasteiger partial charge in [0, 0.05) is 51.9 Å². The summed E-state index contributed by atoms with van der Waals surface area (Å²) in [6, 6.07) is 6.87. The molecule has 1 N–H and O–H groups in total. The molecule has 5 rings (SSSR count). The van der Waals surface area contributed by atoms with Crippen LogP contribution in [-0.2, 0) is 10.2 Å². The SMILES string of the molecule is N#Cc1cc2c(-c3cnc4c(c3)C3(CC3)CN4C=O)c[nH]c2cc1F. The van der Waals surface area contributed by atoms with Gasteiger partial charge in [0.1, 0.15) is 17.7 Å². The van der Waals surface area contributed by atoms with Crippen LogP contribution < -0.4 is 4.90 Å². The molecule has 0 saturated heterocycles. The average molecular weight is 332 g/mol. The van der Waals surface area contributed by atoms with Crippen molar-refractivity contribution in [3.63, 3.8) is 0 Å². The van der Waals surface area contributed by atoms with Gasteiger partial charge in [-0.05, 0) is 31.0 Å². The minimum absolute atomic E-state index is 0.0215. The predicted molar refractivity (Wildman–Crippen MR) is 90.5 cm³/mol. The van der Waals surface area contributed by atoms with Crippen LogP contribution in [-0.4, -0.2) is 22.9 Å². The molecule has 1 amide bonds. The maximum atomic E-state index is 13.8. The van der Waals surface area contributed by atoms with E-state index >= 15 is 0 Å². The van der Waals surface area contributed by atoms with Crippen LogP contribution in [0.4, 0.5) is 10.2 Å². The molecule has 3 heterocycles. The number of carbonyl (C=O) groups excluding carboxylic acids is 1. The first kappa shape index (κ1) is 14.2. The predicted octanol–water partition coefficient (Wildman–Crippen LogP) is 3.25. The fraction of sp³-hybridized carbons (Fsp3) is 0.211. The number of pyridine rings is 1. The molecule has 1 spiro atoms. The molecular weight excluding hydrogens is 319 g/mol. The Morgan fingerprint density at radius 3 is 2.92 bits per heavy atom. The van der Waals surface area contributed by atoms with Crippen LogP contribution in [0.15, 0.2) is 30.6 Å². The molecule has 0 atom stereocenters. The minimum Gasteiger partial charge on any atom is -0.360 e. The van der Waals surface area contributed by atoms with E-state index in [1.807, 2.05) is 6.07 Å². The van der Waals surface area contributed by atoms with Crippen molar-refractivity contribution >= 4 is 23.1 Å². The van der Waals surface area contributed by atoms with Crippen molar-refractivity contribution in [2.45, 2.75) is 18.3 Å². The Bertz CT molecular complexity index is 1090. The number of aromatic nitrogens is 2. The normalized spacial score (nSPS) is 16.9. The summed E-state index contributed by atoms with van der Waals surface area (Å²) in [4.78, 5) is 20.5. The molecule has 6 heteroatoms. The molecule has 3 aromatic rings. The van der Waals surface area contributed by atoms with Gasteiger partial charge in [0.2, 0.25) is 6.41 Å². The number of nitrogens with one attached hydrogen (secondary N) is 1. The van der Waals surface area contributed by atoms with Crippen LogP contribution >= 0.6 is 0 Å². The number of hydrogen-bond donors (Lipinski definition) is 1. The highest BCUT2D eigenvalue weighted by molar-refractivity contribution is 5.97. The van der Waals surface area contributed by atoms with Crippen molar-refractivity contribution in [2.75, 3.05) is 11.4 Å². The van der Waals surface area contributed by atoms with Gasteiger partial charge in [-0.2, -0.15) is 5.26 Å². The summed E-state index contributed by atoms with van der Waals surface area (Å²) in [6.45, 7) is 0.694. The number of amides is 1. The number of carbonyl (C=O) groups is 1. The Kier molecular flexibility index (Phi) is 2.65. The number of halogens is 1. The number of hydrogen-bond acceptors (Lipinski definition) is 3. The monoisotopic (exact) mass is 332 g/mol. The van der Waals surface area contributed by atoms with Gasteiger partial charge in [-0.15, -0.1) is 0 Å². The number of nitriles is 1. The maximum absolute atomic E-state index is 13.8. The summed E-state index contributed by atoms with van der Waals surface area (Å²) in [5.74, 6) is 0.203. The molecule has 1 fully saturated rings. The highest BCUT2D eigenvalue weighted by Crippen LogP contribution is 2.56. The molecule has 0 bridgehead atoms. The Morgan fingerprint density at radius 2 is 2.20 bits per heavy atom. The van der Waals surface area contributed by atoms with E-state index in [0.717, 1.165) is 47.1 Å². The van der Waals surface area contributed by atoms with Crippen molar-refractivity contribution < 1.29 is 9.18 Å². The number of anilines is 1. The van der Waals surface area contributed by atoms with E-state index in [1.165, 1.54) is 6.07 Å². The van der Waals surface area contributed by atoms with Gasteiger partial charge < -0.3 is 4.98 Å². The third kappa shape index (κ3) is 1.86. The first-order valence-electron chi connectivity index (χ1n) is 8.09. The Balaban J connectivity index is 1.70. The lowest BCUT2D eigenvalue weighted by atomic mass is 9.96. The molecule has 0 radical (unpaired) electrons. The topological polar surface area (TPSA) is 72.8 Å². The van der Waals surface area contributed by atoms with Gasteiger partial charge in [-0.3, -0.25) is 9.69 Å². The number of aromatic amines is 1. The zero-order chi connectivity index (χ0) is 17.2. The molecule has 25 heavy (non-hydrogen) atoms. The highest BCUT2D eigenvalue weighted by Gasteiger charge is 2.52. The van der Waals surface area contributed by atoms with E-state index in [4.69, 9.17) is 5.26 Å². The van der Waals surface area contributed by atoms with Gasteiger partial charge >= 0.3 is 0 Å². The lowest BCUT2D eigenvalue weighted by Crippen LogP contribution is -2.22. The number of rotatable bonds is 2. The largest absolute Gasteiger partial charge is 0.360 e. The summed E-state index contributed by atoms with van der Waals surface area (Å²) >= 11 is 0. The molecule has 1 aliphatic heterocycles. The minimum atomic E-state index is -0.533. The van der Waals surface area contributed by atoms with E-state index in [-0.39, 0.29) is 11.0 Å². The van der Waals surface area contributed by atoms with Crippen LogP contribution in [0.3, 0.4) is 0 Å². The van der Waals surface area contributed by atoms with Crippen molar-refractivity contribution in [2.24, 2.45) is 0 Å². The third-order valence-electron chi connectivity index (χ3n) is 5.36. The van der Waals surface area contributed by atoms with Gasteiger partial charge in [0.05, 0.1) is 5.56 Å². The molecule has 1 aromatic carbocycles. The van der Waals surface area contributed by atoms with E-state index in [9.17, 15) is 9.18 Å². The fourth-order valence-electron chi connectivity index (χ4n) is 3.84. The summed E-state index contributed by atoms with van der Waals surface area (Å²) < 4.78 is 13.8. The van der Waals surface area contributed by atoms with E-state index in [2.05, 4.69) is 16.0 Å². The molecule has 2 aromatic heterocycles. The first-order chi connectivity index (χ1) is 12.1. The summed E-state index contributed by atoms with van der Waals surface area (Å²) in [5.41, 5.74) is 3.60.